The van der Waals surface area contributed by atoms with Crippen LogP contribution in [0.5, 0.6) is 17.2 Å². The molecular weight excluding hydrogens is 396 g/mol. The number of benzene rings is 2. The number of H-pyrrole nitrogens is 1. The number of amides is 1. The number of aromatic amines is 1. The minimum absolute atomic E-state index is 0.152. The number of rotatable bonds is 6. The third kappa shape index (κ3) is 4.66. The molecule has 31 heavy (non-hydrogen) atoms. The van der Waals surface area contributed by atoms with Gasteiger partial charge in [-0.05, 0) is 63.2 Å². The van der Waals surface area contributed by atoms with Crippen LogP contribution in [0.15, 0.2) is 47.3 Å². The minimum atomic E-state index is -0.528. The van der Waals surface area contributed by atoms with Gasteiger partial charge in [0.1, 0.15) is 5.75 Å². The van der Waals surface area contributed by atoms with Gasteiger partial charge >= 0.3 is 0 Å². The molecule has 0 saturated carbocycles. The van der Waals surface area contributed by atoms with E-state index < -0.39 is 5.54 Å². The molecule has 0 aliphatic carbocycles. The van der Waals surface area contributed by atoms with Crippen molar-refractivity contribution >= 4 is 16.8 Å². The second kappa shape index (κ2) is 8.71. The molecule has 3 aromatic rings. The fourth-order valence-corrected chi connectivity index (χ4v) is 3.38. The summed E-state index contributed by atoms with van der Waals surface area (Å²) in [6.45, 7) is 5.96. The molecule has 0 aliphatic rings. The Morgan fingerprint density at radius 2 is 1.65 bits per heavy atom. The summed E-state index contributed by atoms with van der Waals surface area (Å²) in [5, 5.41) is 0.835. The highest BCUT2D eigenvalue weighted by Gasteiger charge is 2.29. The smallest absolute Gasteiger partial charge is 0.254 e. The van der Waals surface area contributed by atoms with Crippen LogP contribution in [0.2, 0.25) is 0 Å². The number of aromatic nitrogens is 1. The van der Waals surface area contributed by atoms with E-state index in [0.717, 1.165) is 5.39 Å². The Kier molecular flexibility index (Phi) is 6.24. The Bertz CT molecular complexity index is 1160. The molecule has 0 fully saturated rings. The molecule has 7 nitrogen and oxygen atoms in total. The predicted octanol–water partition coefficient (Wildman–Crippen LogP) is 3.99. The summed E-state index contributed by atoms with van der Waals surface area (Å²) >= 11 is 0. The second-order valence-corrected chi connectivity index (χ2v) is 8.21. The van der Waals surface area contributed by atoms with Crippen LogP contribution in [-0.2, 0) is 6.54 Å². The molecular formula is C24H28N2O5. The van der Waals surface area contributed by atoms with E-state index in [0.29, 0.717) is 33.9 Å². The molecule has 0 saturated heterocycles. The number of ether oxygens (including phenoxy) is 3. The molecule has 2 aromatic carbocycles. The molecule has 3 rings (SSSR count). The lowest BCUT2D eigenvalue weighted by Gasteiger charge is -2.36. The Balaban J connectivity index is 2.02. The van der Waals surface area contributed by atoms with E-state index in [1.165, 1.54) is 7.11 Å². The summed E-state index contributed by atoms with van der Waals surface area (Å²) in [5.74, 6) is 1.50. The quantitative estimate of drug-likeness (QED) is 0.647. The molecule has 0 spiro atoms. The van der Waals surface area contributed by atoms with E-state index in [-0.39, 0.29) is 18.0 Å². The standard InChI is InChI=1S/C24H28N2O5/c1-24(2,3)26(23(28)15-7-10-20(30-5)21(13-15)31-6)14-17-11-16-12-18(29-4)8-9-19(16)25-22(17)27/h7-13H,14H2,1-6H3,(H,25,27). The van der Waals surface area contributed by atoms with Crippen molar-refractivity contribution in [2.24, 2.45) is 0 Å². The summed E-state index contributed by atoms with van der Waals surface area (Å²) in [5.41, 5.74) is 0.895. The van der Waals surface area contributed by atoms with Crippen LogP contribution in [0.25, 0.3) is 10.9 Å². The first-order valence-electron chi connectivity index (χ1n) is 9.92. The second-order valence-electron chi connectivity index (χ2n) is 8.21. The summed E-state index contributed by atoms with van der Waals surface area (Å²) in [6.07, 6.45) is 0. The largest absolute Gasteiger partial charge is 0.497 e. The topological polar surface area (TPSA) is 80.9 Å². The van der Waals surface area contributed by atoms with Gasteiger partial charge in [-0.1, -0.05) is 0 Å². The van der Waals surface area contributed by atoms with E-state index in [4.69, 9.17) is 14.2 Å². The van der Waals surface area contributed by atoms with Gasteiger partial charge in [0.05, 0.1) is 27.9 Å². The van der Waals surface area contributed by atoms with Crippen LogP contribution >= 0.6 is 0 Å². The summed E-state index contributed by atoms with van der Waals surface area (Å²) in [4.78, 5) is 30.7. The van der Waals surface area contributed by atoms with Gasteiger partial charge in [0, 0.05) is 27.6 Å². The summed E-state index contributed by atoms with van der Waals surface area (Å²) in [6, 6.07) is 12.3. The average molecular weight is 424 g/mol. The number of nitrogens with zero attached hydrogens (tertiary/aromatic N) is 1. The highest BCUT2D eigenvalue weighted by Crippen LogP contribution is 2.30. The fraction of sp³-hybridized carbons (Fsp3) is 0.333. The molecule has 1 aromatic heterocycles. The molecule has 1 heterocycles. The van der Waals surface area contributed by atoms with Crippen molar-refractivity contribution in [2.45, 2.75) is 32.9 Å². The lowest BCUT2D eigenvalue weighted by molar-refractivity contribution is 0.0557. The molecule has 164 valence electrons. The van der Waals surface area contributed by atoms with Crippen molar-refractivity contribution < 1.29 is 19.0 Å². The average Bonchev–Trinajstić information content (AvgIpc) is 2.75. The number of pyridine rings is 1. The third-order valence-corrected chi connectivity index (χ3v) is 5.14. The van der Waals surface area contributed by atoms with Crippen molar-refractivity contribution in [1.29, 1.82) is 0 Å². The molecule has 0 radical (unpaired) electrons. The van der Waals surface area contributed by atoms with Gasteiger partial charge in [-0.2, -0.15) is 0 Å². The maximum atomic E-state index is 13.4. The van der Waals surface area contributed by atoms with Crippen LogP contribution in [0.4, 0.5) is 0 Å². The van der Waals surface area contributed by atoms with Gasteiger partial charge in [-0.15, -0.1) is 0 Å². The van der Waals surface area contributed by atoms with Crippen LogP contribution < -0.4 is 19.8 Å². The number of carbonyl (C=O) groups is 1. The van der Waals surface area contributed by atoms with Crippen LogP contribution in [0.1, 0.15) is 36.7 Å². The summed E-state index contributed by atoms with van der Waals surface area (Å²) in [7, 11) is 4.66. The first kappa shape index (κ1) is 22.2. The van der Waals surface area contributed by atoms with Gasteiger partial charge in [-0.3, -0.25) is 9.59 Å². The molecule has 0 bridgehead atoms. The lowest BCUT2D eigenvalue weighted by Crippen LogP contribution is -2.46. The van der Waals surface area contributed by atoms with Crippen LogP contribution in [0.3, 0.4) is 0 Å². The maximum absolute atomic E-state index is 13.4. The number of methoxy groups -OCH3 is 3. The van der Waals surface area contributed by atoms with Gasteiger partial charge < -0.3 is 24.1 Å². The Hall–Kier alpha value is -3.48. The van der Waals surface area contributed by atoms with Crippen molar-refractivity contribution in [1.82, 2.24) is 9.88 Å². The van der Waals surface area contributed by atoms with Crippen molar-refractivity contribution in [3.63, 3.8) is 0 Å². The third-order valence-electron chi connectivity index (χ3n) is 5.14. The molecule has 0 unspecified atom stereocenters. The lowest BCUT2D eigenvalue weighted by atomic mass is 10.0. The van der Waals surface area contributed by atoms with Crippen LogP contribution in [0, 0.1) is 0 Å². The monoisotopic (exact) mass is 424 g/mol. The van der Waals surface area contributed by atoms with Crippen LogP contribution in [-0.4, -0.2) is 42.7 Å². The first-order chi connectivity index (χ1) is 14.7. The number of fused-ring (bicyclic) bond motifs is 1. The van der Waals surface area contributed by atoms with Crippen molar-refractivity contribution in [2.75, 3.05) is 21.3 Å². The Morgan fingerprint density at radius 1 is 0.935 bits per heavy atom. The molecule has 0 aliphatic heterocycles. The van der Waals surface area contributed by atoms with Gasteiger partial charge in [0.15, 0.2) is 11.5 Å². The molecule has 0 atom stereocenters. The number of carbonyl (C=O) groups excluding carboxylic acids is 1. The van der Waals surface area contributed by atoms with Gasteiger partial charge in [0.2, 0.25) is 0 Å². The number of nitrogens with one attached hydrogen (secondary N) is 1. The first-order valence-corrected chi connectivity index (χ1v) is 9.92. The normalized spacial score (nSPS) is 11.3. The van der Waals surface area contributed by atoms with Gasteiger partial charge in [-0.25, -0.2) is 0 Å². The zero-order valence-corrected chi connectivity index (χ0v) is 18.7. The van der Waals surface area contributed by atoms with E-state index in [2.05, 4.69) is 4.98 Å². The molecule has 1 N–H and O–H groups in total. The van der Waals surface area contributed by atoms with E-state index in [1.807, 2.05) is 26.8 Å². The Labute approximate surface area is 181 Å². The number of hydrogen-bond donors (Lipinski definition) is 1. The molecule has 7 heteroatoms. The summed E-state index contributed by atoms with van der Waals surface area (Å²) < 4.78 is 15.9. The van der Waals surface area contributed by atoms with Crippen molar-refractivity contribution in [3.05, 3.63) is 63.9 Å². The zero-order chi connectivity index (χ0) is 22.8. The highest BCUT2D eigenvalue weighted by atomic mass is 16.5. The van der Waals surface area contributed by atoms with E-state index in [1.54, 1.807) is 55.5 Å². The zero-order valence-electron chi connectivity index (χ0n) is 18.7. The van der Waals surface area contributed by atoms with Gasteiger partial charge in [0.25, 0.3) is 11.5 Å². The van der Waals surface area contributed by atoms with Crippen molar-refractivity contribution in [3.8, 4) is 17.2 Å². The highest BCUT2D eigenvalue weighted by molar-refractivity contribution is 5.95. The fourth-order valence-electron chi connectivity index (χ4n) is 3.38. The van der Waals surface area contributed by atoms with E-state index in [9.17, 15) is 9.59 Å². The maximum Gasteiger partial charge on any atom is 0.254 e. The minimum Gasteiger partial charge on any atom is -0.497 e. The number of hydrogen-bond acceptors (Lipinski definition) is 5. The Morgan fingerprint density at radius 3 is 2.26 bits per heavy atom. The molecule has 1 amide bonds. The predicted molar refractivity (Wildman–Crippen MR) is 120 cm³/mol. The van der Waals surface area contributed by atoms with E-state index >= 15 is 0 Å². The SMILES string of the molecule is COc1ccc2[nH]c(=O)c(CN(C(=O)c3ccc(OC)c(OC)c3)C(C)(C)C)cc2c1.